The highest BCUT2D eigenvalue weighted by Gasteiger charge is 2.43. The Labute approximate surface area is 120 Å². The van der Waals surface area contributed by atoms with Gasteiger partial charge in [-0.05, 0) is 32.1 Å². The summed E-state index contributed by atoms with van der Waals surface area (Å²) >= 11 is 0. The van der Waals surface area contributed by atoms with Crippen LogP contribution in [-0.2, 0) is 14.3 Å². The Morgan fingerprint density at radius 3 is 2.33 bits per heavy atom. The minimum absolute atomic E-state index is 0.0650. The molecule has 0 radical (unpaired) electrons. The second-order valence-corrected chi connectivity index (χ2v) is 5.58. The summed E-state index contributed by atoms with van der Waals surface area (Å²) in [6.45, 7) is 0.502. The van der Waals surface area contributed by atoms with Crippen molar-refractivity contribution in [3.05, 3.63) is 0 Å². The molecule has 0 aromatic carbocycles. The molecule has 2 amide bonds. The van der Waals surface area contributed by atoms with Gasteiger partial charge in [-0.15, -0.1) is 0 Å². The van der Waals surface area contributed by atoms with Gasteiger partial charge in [0, 0.05) is 12.5 Å². The fourth-order valence-corrected chi connectivity index (χ4v) is 2.82. The molecule has 1 heterocycles. The van der Waals surface area contributed by atoms with Gasteiger partial charge in [0.25, 0.3) is 5.91 Å². The highest BCUT2D eigenvalue weighted by atomic mass is 19.4. The quantitative estimate of drug-likeness (QED) is 0.763. The molecule has 1 saturated carbocycles. The number of ether oxygens (including phenoxy) is 1. The lowest BCUT2D eigenvalue weighted by Crippen LogP contribution is -2.49. The molecular formula is C13H19F3N2O3. The van der Waals surface area contributed by atoms with Crippen LogP contribution in [0.1, 0.15) is 38.5 Å². The number of hydrogen-bond acceptors (Lipinski definition) is 3. The molecule has 3 unspecified atom stereocenters. The molecule has 0 bridgehead atoms. The number of halogens is 3. The molecule has 3 atom stereocenters. The molecule has 2 N–H and O–H groups in total. The Bertz CT molecular complexity index is 395. The predicted octanol–water partition coefficient (Wildman–Crippen LogP) is 1.68. The number of carbonyl (C=O) groups excluding carboxylic acids is 2. The van der Waals surface area contributed by atoms with Gasteiger partial charge in [-0.3, -0.25) is 20.4 Å². The normalized spacial score (nSPS) is 30.0. The lowest BCUT2D eigenvalue weighted by molar-refractivity contribution is -0.186. The lowest BCUT2D eigenvalue weighted by Gasteiger charge is -2.29. The van der Waals surface area contributed by atoms with Crippen LogP contribution in [0.25, 0.3) is 0 Å². The minimum atomic E-state index is -4.26. The van der Waals surface area contributed by atoms with E-state index in [-0.39, 0.29) is 12.8 Å². The number of hydrogen-bond donors (Lipinski definition) is 2. The Morgan fingerprint density at radius 2 is 1.71 bits per heavy atom. The molecule has 5 nitrogen and oxygen atoms in total. The number of carbonyl (C=O) groups is 2. The zero-order valence-electron chi connectivity index (χ0n) is 11.5. The summed E-state index contributed by atoms with van der Waals surface area (Å²) in [5.74, 6) is -3.16. The van der Waals surface area contributed by atoms with E-state index in [9.17, 15) is 22.8 Å². The van der Waals surface area contributed by atoms with E-state index < -0.39 is 35.9 Å². The maximum absolute atomic E-state index is 12.7. The van der Waals surface area contributed by atoms with Crippen LogP contribution in [0.4, 0.5) is 13.2 Å². The minimum Gasteiger partial charge on any atom is -0.368 e. The maximum Gasteiger partial charge on any atom is 0.391 e. The van der Waals surface area contributed by atoms with E-state index in [0.717, 1.165) is 6.42 Å². The molecule has 0 aromatic heterocycles. The van der Waals surface area contributed by atoms with Crippen molar-refractivity contribution in [2.45, 2.75) is 50.8 Å². The Balaban J connectivity index is 1.78. The van der Waals surface area contributed by atoms with Gasteiger partial charge in [0.2, 0.25) is 5.91 Å². The van der Waals surface area contributed by atoms with E-state index in [4.69, 9.17) is 4.74 Å². The van der Waals surface area contributed by atoms with Crippen molar-refractivity contribution in [2.75, 3.05) is 6.61 Å². The van der Waals surface area contributed by atoms with E-state index in [2.05, 4.69) is 10.9 Å². The SMILES string of the molecule is O=C(NNC(=O)C1CCCO1)C1CCCC(C(F)(F)F)C1. The van der Waals surface area contributed by atoms with Gasteiger partial charge in [-0.2, -0.15) is 13.2 Å². The second-order valence-electron chi connectivity index (χ2n) is 5.58. The summed E-state index contributed by atoms with van der Waals surface area (Å²) in [5.41, 5.74) is 4.45. The number of alkyl halides is 3. The van der Waals surface area contributed by atoms with Gasteiger partial charge in [0.15, 0.2) is 0 Å². The average molecular weight is 308 g/mol. The van der Waals surface area contributed by atoms with Gasteiger partial charge >= 0.3 is 6.18 Å². The van der Waals surface area contributed by atoms with Crippen LogP contribution in [0.3, 0.4) is 0 Å². The van der Waals surface area contributed by atoms with Crippen molar-refractivity contribution >= 4 is 11.8 Å². The van der Waals surface area contributed by atoms with Crippen molar-refractivity contribution < 1.29 is 27.5 Å². The number of hydrazine groups is 1. The molecule has 0 aromatic rings. The lowest BCUT2D eigenvalue weighted by atomic mass is 9.80. The Kier molecular flexibility index (Phi) is 5.08. The Morgan fingerprint density at radius 1 is 1.00 bits per heavy atom. The summed E-state index contributed by atoms with van der Waals surface area (Å²) in [5, 5.41) is 0. The van der Waals surface area contributed by atoms with Crippen LogP contribution >= 0.6 is 0 Å². The summed E-state index contributed by atoms with van der Waals surface area (Å²) in [6, 6.07) is 0. The van der Waals surface area contributed by atoms with Crippen molar-refractivity contribution in [1.29, 1.82) is 0 Å². The van der Waals surface area contributed by atoms with Gasteiger partial charge in [-0.1, -0.05) is 6.42 Å². The first-order valence-electron chi connectivity index (χ1n) is 7.16. The molecule has 2 fully saturated rings. The zero-order valence-corrected chi connectivity index (χ0v) is 11.5. The fourth-order valence-electron chi connectivity index (χ4n) is 2.82. The van der Waals surface area contributed by atoms with Gasteiger partial charge in [-0.25, -0.2) is 0 Å². The van der Waals surface area contributed by atoms with Crippen LogP contribution in [0, 0.1) is 11.8 Å². The highest BCUT2D eigenvalue weighted by Crippen LogP contribution is 2.39. The van der Waals surface area contributed by atoms with E-state index in [1.54, 1.807) is 0 Å². The van der Waals surface area contributed by atoms with Gasteiger partial charge in [0.05, 0.1) is 5.92 Å². The van der Waals surface area contributed by atoms with Crippen molar-refractivity contribution in [3.63, 3.8) is 0 Å². The zero-order chi connectivity index (χ0) is 15.5. The summed E-state index contributed by atoms with van der Waals surface area (Å²) in [4.78, 5) is 23.5. The first-order valence-corrected chi connectivity index (χ1v) is 7.16. The van der Waals surface area contributed by atoms with Crippen LogP contribution in [0.5, 0.6) is 0 Å². The molecule has 0 spiro atoms. The van der Waals surface area contributed by atoms with Gasteiger partial charge in [0.1, 0.15) is 6.10 Å². The van der Waals surface area contributed by atoms with E-state index in [0.29, 0.717) is 25.9 Å². The molecule has 1 aliphatic heterocycles. The smallest absolute Gasteiger partial charge is 0.368 e. The molecule has 21 heavy (non-hydrogen) atoms. The summed E-state index contributed by atoms with van der Waals surface area (Å²) < 4.78 is 43.2. The van der Waals surface area contributed by atoms with Gasteiger partial charge < -0.3 is 4.74 Å². The average Bonchev–Trinajstić information content (AvgIpc) is 2.98. The molecule has 2 aliphatic rings. The standard InChI is InChI=1S/C13H19F3N2O3/c14-13(15,16)9-4-1-3-8(7-9)11(19)17-18-12(20)10-5-2-6-21-10/h8-10H,1-7H2,(H,17,19)(H,18,20). The third-order valence-electron chi connectivity index (χ3n) is 4.04. The van der Waals surface area contributed by atoms with Crippen LogP contribution < -0.4 is 10.9 Å². The van der Waals surface area contributed by atoms with E-state index in [1.807, 2.05) is 0 Å². The third kappa shape index (κ3) is 4.33. The first-order chi connectivity index (χ1) is 9.88. The highest BCUT2D eigenvalue weighted by molar-refractivity contribution is 5.85. The van der Waals surface area contributed by atoms with Crippen LogP contribution in [-0.4, -0.2) is 30.7 Å². The summed E-state index contributed by atoms with van der Waals surface area (Å²) in [7, 11) is 0. The van der Waals surface area contributed by atoms with Crippen molar-refractivity contribution in [3.8, 4) is 0 Å². The molecule has 8 heteroatoms. The monoisotopic (exact) mass is 308 g/mol. The van der Waals surface area contributed by atoms with Crippen molar-refractivity contribution in [2.24, 2.45) is 11.8 Å². The van der Waals surface area contributed by atoms with E-state index in [1.165, 1.54) is 0 Å². The number of rotatable bonds is 2. The molecule has 120 valence electrons. The summed E-state index contributed by atoms with van der Waals surface area (Å²) in [6.07, 6.45) is -2.86. The topological polar surface area (TPSA) is 67.4 Å². The van der Waals surface area contributed by atoms with Crippen LogP contribution in [0.15, 0.2) is 0 Å². The number of nitrogens with one attached hydrogen (secondary N) is 2. The fraction of sp³-hybridized carbons (Fsp3) is 0.846. The molecule has 1 saturated heterocycles. The molecular weight excluding hydrogens is 289 g/mol. The predicted molar refractivity (Wildman–Crippen MR) is 66.8 cm³/mol. The largest absolute Gasteiger partial charge is 0.391 e. The van der Waals surface area contributed by atoms with Crippen molar-refractivity contribution in [1.82, 2.24) is 10.9 Å². The number of amides is 2. The third-order valence-corrected chi connectivity index (χ3v) is 4.04. The van der Waals surface area contributed by atoms with Crippen LogP contribution in [0.2, 0.25) is 0 Å². The second kappa shape index (κ2) is 6.64. The first kappa shape index (κ1) is 16.1. The maximum atomic E-state index is 12.7. The Hall–Kier alpha value is -1.31. The molecule has 1 aliphatic carbocycles. The van der Waals surface area contributed by atoms with E-state index >= 15 is 0 Å². The molecule has 2 rings (SSSR count).